The van der Waals surface area contributed by atoms with Gasteiger partial charge in [0.15, 0.2) is 6.61 Å². The number of nitrogens with one attached hydrogen (secondary N) is 2. The third-order valence-corrected chi connectivity index (χ3v) is 5.58. The quantitative estimate of drug-likeness (QED) is 0.409. The fourth-order valence-electron chi connectivity index (χ4n) is 3.96. The Balaban J connectivity index is 1.34. The number of carbonyl (C=O) groups is 2. The van der Waals surface area contributed by atoms with E-state index < -0.39 is 0 Å². The van der Waals surface area contributed by atoms with Crippen LogP contribution in [0, 0.1) is 0 Å². The van der Waals surface area contributed by atoms with Gasteiger partial charge in [0.2, 0.25) is 0 Å². The SMILES string of the molecule is O=C(COc1ccc(N2C(=O)c3ccccc3N[C@@H]2c2ccccc2)cc1)Nc1ccccc1. The van der Waals surface area contributed by atoms with Gasteiger partial charge in [0.1, 0.15) is 11.9 Å². The van der Waals surface area contributed by atoms with Gasteiger partial charge in [0.05, 0.1) is 5.56 Å². The number of fused-ring (bicyclic) bond motifs is 1. The maximum atomic E-state index is 13.5. The average molecular weight is 450 g/mol. The summed E-state index contributed by atoms with van der Waals surface area (Å²) in [6.45, 7) is -0.113. The molecule has 0 aliphatic carbocycles. The average Bonchev–Trinajstić information content (AvgIpc) is 2.89. The van der Waals surface area contributed by atoms with Crippen LogP contribution >= 0.6 is 0 Å². The second kappa shape index (κ2) is 9.50. The van der Waals surface area contributed by atoms with Crippen LogP contribution in [0.15, 0.2) is 109 Å². The normalized spacial score (nSPS) is 14.6. The molecule has 6 heteroatoms. The predicted octanol–water partition coefficient (Wildman–Crippen LogP) is 5.48. The molecule has 1 atom stereocenters. The minimum absolute atomic E-state index is 0.0842. The number of ether oxygens (including phenoxy) is 1. The highest BCUT2D eigenvalue weighted by Gasteiger charge is 2.33. The number of benzene rings is 4. The van der Waals surface area contributed by atoms with E-state index in [1.807, 2.05) is 97.1 Å². The van der Waals surface area contributed by atoms with Crippen LogP contribution in [-0.4, -0.2) is 18.4 Å². The lowest BCUT2D eigenvalue weighted by molar-refractivity contribution is -0.118. The minimum Gasteiger partial charge on any atom is -0.484 e. The van der Waals surface area contributed by atoms with Gasteiger partial charge in [-0.05, 0) is 54.1 Å². The van der Waals surface area contributed by atoms with Gasteiger partial charge in [0.25, 0.3) is 11.8 Å². The van der Waals surface area contributed by atoms with Gasteiger partial charge < -0.3 is 15.4 Å². The van der Waals surface area contributed by atoms with E-state index in [1.54, 1.807) is 17.0 Å². The van der Waals surface area contributed by atoms with Crippen molar-refractivity contribution in [1.82, 2.24) is 0 Å². The molecule has 2 amide bonds. The standard InChI is InChI=1S/C28H23N3O3/c32-26(29-21-11-5-2-6-12-21)19-34-23-17-15-22(16-18-23)31-27(20-9-3-1-4-10-20)30-25-14-8-7-13-24(25)28(31)33/h1-18,27,30H,19H2,(H,29,32)/t27-/m0/s1. The van der Waals surface area contributed by atoms with E-state index in [0.29, 0.717) is 11.3 Å². The Morgan fingerprint density at radius 3 is 2.21 bits per heavy atom. The minimum atomic E-state index is -0.355. The number of amides is 2. The monoisotopic (exact) mass is 449 g/mol. The van der Waals surface area contributed by atoms with Gasteiger partial charge in [-0.2, -0.15) is 0 Å². The largest absolute Gasteiger partial charge is 0.484 e. The third-order valence-electron chi connectivity index (χ3n) is 5.58. The summed E-state index contributed by atoms with van der Waals surface area (Å²) in [5.41, 5.74) is 3.84. The number of hydrogen-bond donors (Lipinski definition) is 2. The number of carbonyl (C=O) groups excluding carboxylic acids is 2. The molecule has 0 saturated heterocycles. The fourth-order valence-corrected chi connectivity index (χ4v) is 3.96. The summed E-state index contributed by atoms with van der Waals surface area (Å²) in [6.07, 6.45) is -0.355. The Morgan fingerprint density at radius 1 is 0.824 bits per heavy atom. The number of anilines is 3. The van der Waals surface area contributed by atoms with Crippen LogP contribution in [0.3, 0.4) is 0 Å². The molecule has 0 aromatic heterocycles. The second-order valence-electron chi connectivity index (χ2n) is 7.88. The molecular weight excluding hydrogens is 426 g/mol. The smallest absolute Gasteiger partial charge is 0.262 e. The number of hydrogen-bond acceptors (Lipinski definition) is 4. The highest BCUT2D eigenvalue weighted by atomic mass is 16.5. The van der Waals surface area contributed by atoms with Crippen molar-refractivity contribution >= 4 is 28.9 Å². The van der Waals surface area contributed by atoms with Crippen molar-refractivity contribution in [2.75, 3.05) is 22.1 Å². The Labute approximate surface area is 197 Å². The van der Waals surface area contributed by atoms with Crippen LogP contribution in [0.25, 0.3) is 0 Å². The molecule has 34 heavy (non-hydrogen) atoms. The van der Waals surface area contributed by atoms with E-state index in [9.17, 15) is 9.59 Å². The van der Waals surface area contributed by atoms with Gasteiger partial charge in [-0.25, -0.2) is 0 Å². The molecule has 0 spiro atoms. The number of para-hydroxylation sites is 2. The van der Waals surface area contributed by atoms with Crippen molar-refractivity contribution in [2.45, 2.75) is 6.17 Å². The van der Waals surface area contributed by atoms with E-state index >= 15 is 0 Å². The molecular formula is C28H23N3O3. The van der Waals surface area contributed by atoms with Crippen molar-refractivity contribution in [3.63, 3.8) is 0 Å². The molecule has 6 nitrogen and oxygen atoms in total. The first-order valence-electron chi connectivity index (χ1n) is 11.0. The molecule has 0 fully saturated rings. The van der Waals surface area contributed by atoms with E-state index in [4.69, 9.17) is 4.74 Å². The van der Waals surface area contributed by atoms with Crippen molar-refractivity contribution < 1.29 is 14.3 Å². The van der Waals surface area contributed by atoms with Gasteiger partial charge in [0, 0.05) is 17.1 Å². The van der Waals surface area contributed by atoms with Crippen molar-refractivity contribution in [3.05, 3.63) is 120 Å². The zero-order valence-electron chi connectivity index (χ0n) is 18.3. The van der Waals surface area contributed by atoms with Crippen molar-refractivity contribution in [2.24, 2.45) is 0 Å². The molecule has 1 aliphatic heterocycles. The zero-order chi connectivity index (χ0) is 23.3. The Hall–Kier alpha value is -4.58. The molecule has 0 bridgehead atoms. The highest BCUT2D eigenvalue weighted by molar-refractivity contribution is 6.12. The summed E-state index contributed by atoms with van der Waals surface area (Å²) in [4.78, 5) is 27.4. The summed E-state index contributed by atoms with van der Waals surface area (Å²) < 4.78 is 5.65. The lowest BCUT2D eigenvalue weighted by Gasteiger charge is -2.38. The first-order valence-corrected chi connectivity index (χ1v) is 11.0. The molecule has 0 unspecified atom stereocenters. The lowest BCUT2D eigenvalue weighted by atomic mass is 10.0. The number of rotatable bonds is 6. The van der Waals surface area contributed by atoms with E-state index in [1.165, 1.54) is 0 Å². The molecule has 0 saturated carbocycles. The summed E-state index contributed by atoms with van der Waals surface area (Å²) in [7, 11) is 0. The van der Waals surface area contributed by atoms with Crippen LogP contribution in [-0.2, 0) is 4.79 Å². The summed E-state index contributed by atoms with van der Waals surface area (Å²) in [5, 5.41) is 6.28. The lowest BCUT2D eigenvalue weighted by Crippen LogP contribution is -2.43. The number of nitrogens with zero attached hydrogens (tertiary/aromatic N) is 1. The van der Waals surface area contributed by atoms with Gasteiger partial charge in [-0.15, -0.1) is 0 Å². The molecule has 0 radical (unpaired) electrons. The molecule has 4 aromatic carbocycles. The van der Waals surface area contributed by atoms with Crippen LogP contribution in [0.1, 0.15) is 22.1 Å². The van der Waals surface area contributed by atoms with Gasteiger partial charge in [-0.1, -0.05) is 60.7 Å². The van der Waals surface area contributed by atoms with Crippen LogP contribution in [0.2, 0.25) is 0 Å². The zero-order valence-corrected chi connectivity index (χ0v) is 18.3. The molecule has 5 rings (SSSR count). The molecule has 1 heterocycles. The topological polar surface area (TPSA) is 70.7 Å². The van der Waals surface area contributed by atoms with Crippen LogP contribution < -0.4 is 20.3 Å². The first-order chi connectivity index (χ1) is 16.7. The van der Waals surface area contributed by atoms with Gasteiger partial charge in [-0.3, -0.25) is 14.5 Å². The molecule has 1 aliphatic rings. The van der Waals surface area contributed by atoms with E-state index in [-0.39, 0.29) is 24.6 Å². The molecule has 4 aromatic rings. The maximum Gasteiger partial charge on any atom is 0.262 e. The first kappa shape index (κ1) is 21.3. The maximum absolute atomic E-state index is 13.5. The fraction of sp³-hybridized carbons (Fsp3) is 0.0714. The summed E-state index contributed by atoms with van der Waals surface area (Å²) in [5.74, 6) is 0.214. The van der Waals surface area contributed by atoms with E-state index in [0.717, 1.165) is 22.6 Å². The Kier molecular flexibility index (Phi) is 5.95. The van der Waals surface area contributed by atoms with Crippen LogP contribution in [0.4, 0.5) is 17.1 Å². The van der Waals surface area contributed by atoms with Gasteiger partial charge >= 0.3 is 0 Å². The summed E-state index contributed by atoms with van der Waals surface area (Å²) in [6, 6.07) is 33.8. The highest BCUT2D eigenvalue weighted by Crippen LogP contribution is 2.37. The Morgan fingerprint density at radius 2 is 1.47 bits per heavy atom. The second-order valence-corrected chi connectivity index (χ2v) is 7.88. The molecule has 2 N–H and O–H groups in total. The molecule has 168 valence electrons. The third kappa shape index (κ3) is 4.47. The van der Waals surface area contributed by atoms with Crippen LogP contribution in [0.5, 0.6) is 5.75 Å². The summed E-state index contributed by atoms with van der Waals surface area (Å²) >= 11 is 0. The van der Waals surface area contributed by atoms with Crippen molar-refractivity contribution in [1.29, 1.82) is 0 Å². The predicted molar refractivity (Wildman–Crippen MR) is 133 cm³/mol. The Bertz CT molecular complexity index is 1290. The van der Waals surface area contributed by atoms with E-state index in [2.05, 4.69) is 10.6 Å². The van der Waals surface area contributed by atoms with Crippen molar-refractivity contribution in [3.8, 4) is 5.75 Å².